The highest BCUT2D eigenvalue weighted by atomic mass is 16.5. The highest BCUT2D eigenvalue weighted by molar-refractivity contribution is 5.92. The van der Waals surface area contributed by atoms with Gasteiger partial charge in [0.05, 0.1) is 18.4 Å². The van der Waals surface area contributed by atoms with Crippen molar-refractivity contribution >= 4 is 5.91 Å². The van der Waals surface area contributed by atoms with Crippen LogP contribution in [0.4, 0.5) is 0 Å². The van der Waals surface area contributed by atoms with Crippen molar-refractivity contribution in [2.45, 2.75) is 39.5 Å². The third-order valence-electron chi connectivity index (χ3n) is 4.52. The summed E-state index contributed by atoms with van der Waals surface area (Å²) in [7, 11) is 0. The maximum atomic E-state index is 11.1. The predicted molar refractivity (Wildman–Crippen MR) is 89.4 cm³/mol. The van der Waals surface area contributed by atoms with E-state index in [0.717, 1.165) is 43.1 Å². The number of aryl methyl sites for hydroxylation is 2. The molecule has 3 rings (SSSR count). The summed E-state index contributed by atoms with van der Waals surface area (Å²) in [6.07, 6.45) is 1.24. The maximum absolute atomic E-state index is 11.1. The van der Waals surface area contributed by atoms with E-state index in [2.05, 4.69) is 10.1 Å². The molecule has 1 unspecified atom stereocenters. The number of nitrogens with two attached hydrogens (primary N) is 1. The second kappa shape index (κ2) is 7.15. The Morgan fingerprint density at radius 2 is 2.12 bits per heavy atom. The minimum Gasteiger partial charge on any atom is -0.372 e. The zero-order valence-corrected chi connectivity index (χ0v) is 14.1. The average molecular weight is 329 g/mol. The predicted octanol–water partition coefficient (Wildman–Crippen LogP) is 2.18. The number of rotatable bonds is 6. The van der Waals surface area contributed by atoms with Crippen LogP contribution in [0.3, 0.4) is 0 Å². The zero-order chi connectivity index (χ0) is 17.1. The lowest BCUT2D eigenvalue weighted by Crippen LogP contribution is -2.23. The lowest BCUT2D eigenvalue weighted by molar-refractivity contribution is 0.0453. The van der Waals surface area contributed by atoms with Gasteiger partial charge in [-0.2, -0.15) is 0 Å². The standard InChI is InChI=1S/C18H23N3O3/c1-12-17(13(2)24-20-12)11-23-16-7-8-21(10-16)9-14-3-5-15(6-4-14)18(19)22/h3-6,16H,7-11H2,1-2H3,(H2,19,22). The molecule has 6 nitrogen and oxygen atoms in total. The van der Waals surface area contributed by atoms with Crippen LogP contribution in [0.15, 0.2) is 28.8 Å². The molecule has 1 fully saturated rings. The molecular weight excluding hydrogens is 306 g/mol. The summed E-state index contributed by atoms with van der Waals surface area (Å²) in [6, 6.07) is 7.47. The number of likely N-dealkylation sites (tertiary alicyclic amines) is 1. The normalized spacial score (nSPS) is 18.2. The van der Waals surface area contributed by atoms with Crippen molar-refractivity contribution in [3.63, 3.8) is 0 Å². The molecule has 1 amide bonds. The molecule has 1 aromatic carbocycles. The molecular formula is C18H23N3O3. The van der Waals surface area contributed by atoms with Crippen molar-refractivity contribution in [3.8, 4) is 0 Å². The van der Waals surface area contributed by atoms with E-state index >= 15 is 0 Å². The minimum absolute atomic E-state index is 0.226. The number of aromatic nitrogens is 1. The molecule has 2 aromatic rings. The Balaban J connectivity index is 1.49. The molecule has 0 spiro atoms. The fraction of sp³-hybridized carbons (Fsp3) is 0.444. The second-order valence-electron chi connectivity index (χ2n) is 6.32. The van der Waals surface area contributed by atoms with E-state index in [1.807, 2.05) is 26.0 Å². The number of nitrogens with zero attached hydrogens (tertiary/aromatic N) is 2. The summed E-state index contributed by atoms with van der Waals surface area (Å²) >= 11 is 0. The smallest absolute Gasteiger partial charge is 0.248 e. The summed E-state index contributed by atoms with van der Waals surface area (Å²) in [5, 5.41) is 3.95. The highest BCUT2D eigenvalue weighted by Crippen LogP contribution is 2.20. The van der Waals surface area contributed by atoms with Crippen molar-refractivity contribution in [1.29, 1.82) is 0 Å². The van der Waals surface area contributed by atoms with Crippen LogP contribution >= 0.6 is 0 Å². The number of carbonyl (C=O) groups is 1. The van der Waals surface area contributed by atoms with E-state index in [-0.39, 0.29) is 6.10 Å². The first kappa shape index (κ1) is 16.7. The van der Waals surface area contributed by atoms with Gasteiger partial charge in [-0.05, 0) is 38.0 Å². The van der Waals surface area contributed by atoms with Crippen LogP contribution in [0.5, 0.6) is 0 Å². The summed E-state index contributed by atoms with van der Waals surface area (Å²) in [5.41, 5.74) is 8.93. The van der Waals surface area contributed by atoms with Crippen molar-refractivity contribution in [2.24, 2.45) is 5.73 Å². The van der Waals surface area contributed by atoms with Gasteiger partial charge in [-0.1, -0.05) is 17.3 Å². The van der Waals surface area contributed by atoms with Crippen molar-refractivity contribution in [2.75, 3.05) is 13.1 Å². The molecule has 2 N–H and O–H groups in total. The van der Waals surface area contributed by atoms with Crippen LogP contribution in [0.2, 0.25) is 0 Å². The van der Waals surface area contributed by atoms with Gasteiger partial charge in [0.25, 0.3) is 0 Å². The summed E-state index contributed by atoms with van der Waals surface area (Å²) in [4.78, 5) is 13.5. The molecule has 128 valence electrons. The molecule has 1 aliphatic rings. The lowest BCUT2D eigenvalue weighted by Gasteiger charge is -2.16. The topological polar surface area (TPSA) is 81.6 Å². The first-order chi connectivity index (χ1) is 11.5. The number of amides is 1. The second-order valence-corrected chi connectivity index (χ2v) is 6.32. The molecule has 0 aliphatic carbocycles. The van der Waals surface area contributed by atoms with Gasteiger partial charge in [0.1, 0.15) is 5.76 Å². The molecule has 2 heterocycles. The summed E-state index contributed by atoms with van der Waals surface area (Å²) in [5.74, 6) is 0.437. The van der Waals surface area contributed by atoms with Crippen molar-refractivity contribution in [1.82, 2.24) is 10.1 Å². The van der Waals surface area contributed by atoms with Gasteiger partial charge in [0.15, 0.2) is 0 Å². The third kappa shape index (κ3) is 3.83. The number of primary amides is 1. The van der Waals surface area contributed by atoms with Gasteiger partial charge in [-0.25, -0.2) is 0 Å². The fourth-order valence-corrected chi connectivity index (χ4v) is 3.02. The number of hydrogen-bond acceptors (Lipinski definition) is 5. The third-order valence-corrected chi connectivity index (χ3v) is 4.52. The zero-order valence-electron chi connectivity index (χ0n) is 14.1. The van der Waals surface area contributed by atoms with Crippen molar-refractivity contribution in [3.05, 3.63) is 52.4 Å². The molecule has 6 heteroatoms. The summed E-state index contributed by atoms with van der Waals surface area (Å²) in [6.45, 7) is 7.16. The number of carbonyl (C=O) groups excluding carboxylic acids is 1. The van der Waals surface area contributed by atoms with Crippen LogP contribution in [0, 0.1) is 13.8 Å². The van der Waals surface area contributed by atoms with Crippen LogP contribution in [0.1, 0.15) is 39.4 Å². The van der Waals surface area contributed by atoms with Crippen LogP contribution in [0.25, 0.3) is 0 Å². The SMILES string of the molecule is Cc1noc(C)c1COC1CCN(Cc2ccc(C(N)=O)cc2)C1. The molecule has 1 atom stereocenters. The Morgan fingerprint density at radius 3 is 2.75 bits per heavy atom. The van der Waals surface area contributed by atoms with E-state index in [1.165, 1.54) is 5.56 Å². The van der Waals surface area contributed by atoms with Gasteiger partial charge < -0.3 is 15.0 Å². The Labute approximate surface area is 141 Å². The lowest BCUT2D eigenvalue weighted by atomic mass is 10.1. The first-order valence-corrected chi connectivity index (χ1v) is 8.17. The number of ether oxygens (including phenoxy) is 1. The molecule has 0 radical (unpaired) electrons. The maximum Gasteiger partial charge on any atom is 0.248 e. The van der Waals surface area contributed by atoms with E-state index in [0.29, 0.717) is 12.2 Å². The molecule has 1 saturated heterocycles. The number of hydrogen-bond donors (Lipinski definition) is 1. The Kier molecular flexibility index (Phi) is 4.97. The Hall–Kier alpha value is -2.18. The van der Waals surface area contributed by atoms with E-state index in [4.69, 9.17) is 15.0 Å². The van der Waals surface area contributed by atoms with Crippen molar-refractivity contribution < 1.29 is 14.1 Å². The fourth-order valence-electron chi connectivity index (χ4n) is 3.02. The van der Waals surface area contributed by atoms with E-state index in [9.17, 15) is 4.79 Å². The van der Waals surface area contributed by atoms with Gasteiger partial charge in [0.2, 0.25) is 5.91 Å². The van der Waals surface area contributed by atoms with Gasteiger partial charge in [-0.15, -0.1) is 0 Å². The first-order valence-electron chi connectivity index (χ1n) is 8.17. The van der Waals surface area contributed by atoms with Gasteiger partial charge >= 0.3 is 0 Å². The highest BCUT2D eigenvalue weighted by Gasteiger charge is 2.24. The molecule has 24 heavy (non-hydrogen) atoms. The summed E-state index contributed by atoms with van der Waals surface area (Å²) < 4.78 is 11.2. The Morgan fingerprint density at radius 1 is 1.38 bits per heavy atom. The van der Waals surface area contributed by atoms with E-state index in [1.54, 1.807) is 12.1 Å². The quantitative estimate of drug-likeness (QED) is 0.878. The van der Waals surface area contributed by atoms with Gasteiger partial charge in [-0.3, -0.25) is 9.69 Å². The molecule has 0 bridgehead atoms. The molecule has 1 aromatic heterocycles. The van der Waals surface area contributed by atoms with E-state index < -0.39 is 5.91 Å². The van der Waals surface area contributed by atoms with Crippen LogP contribution in [-0.4, -0.2) is 35.2 Å². The van der Waals surface area contributed by atoms with Crippen LogP contribution in [-0.2, 0) is 17.9 Å². The average Bonchev–Trinajstić information content (AvgIpc) is 3.13. The van der Waals surface area contributed by atoms with Gasteiger partial charge in [0, 0.05) is 30.8 Å². The van der Waals surface area contributed by atoms with Crippen LogP contribution < -0.4 is 5.73 Å². The Bertz CT molecular complexity index is 689. The monoisotopic (exact) mass is 329 g/mol. The largest absolute Gasteiger partial charge is 0.372 e. The number of benzene rings is 1. The minimum atomic E-state index is -0.393. The molecule has 1 aliphatic heterocycles. The molecule has 0 saturated carbocycles.